The zero-order chi connectivity index (χ0) is 17.2. The molecule has 0 N–H and O–H groups in total. The van der Waals surface area contributed by atoms with Gasteiger partial charge in [0.05, 0.1) is 30.2 Å². The second kappa shape index (κ2) is 6.45. The van der Waals surface area contributed by atoms with E-state index in [2.05, 4.69) is 39.4 Å². The summed E-state index contributed by atoms with van der Waals surface area (Å²) < 4.78 is 3.80. The highest BCUT2D eigenvalue weighted by atomic mass is 15.4. The van der Waals surface area contributed by atoms with Gasteiger partial charge in [-0.05, 0) is 38.2 Å². The molecule has 0 radical (unpaired) electrons. The van der Waals surface area contributed by atoms with E-state index in [0.717, 1.165) is 22.9 Å². The smallest absolute Gasteiger partial charge is 0.160 e. The number of hydrogen-bond acceptors (Lipinski definition) is 5. The molecule has 1 aromatic carbocycles. The molecule has 4 rings (SSSR count). The van der Waals surface area contributed by atoms with E-state index in [1.807, 2.05) is 65.3 Å². The van der Waals surface area contributed by atoms with E-state index in [4.69, 9.17) is 0 Å². The van der Waals surface area contributed by atoms with Gasteiger partial charge in [-0.3, -0.25) is 9.30 Å². The van der Waals surface area contributed by atoms with Gasteiger partial charge >= 0.3 is 0 Å². The molecule has 25 heavy (non-hydrogen) atoms. The van der Waals surface area contributed by atoms with Crippen LogP contribution in [0, 0.1) is 0 Å². The number of benzene rings is 1. The summed E-state index contributed by atoms with van der Waals surface area (Å²) in [6.45, 7) is 2.78. The van der Waals surface area contributed by atoms with E-state index >= 15 is 0 Å². The Balaban J connectivity index is 1.52. The maximum Gasteiger partial charge on any atom is 0.160 e. The molecule has 0 aliphatic carbocycles. The van der Waals surface area contributed by atoms with Crippen molar-refractivity contribution in [1.29, 1.82) is 0 Å². The summed E-state index contributed by atoms with van der Waals surface area (Å²) in [6, 6.07) is 16.0. The number of para-hydroxylation sites is 1. The predicted molar refractivity (Wildman–Crippen MR) is 94.2 cm³/mol. The molecule has 0 amide bonds. The van der Waals surface area contributed by atoms with Gasteiger partial charge in [0.15, 0.2) is 11.5 Å². The van der Waals surface area contributed by atoms with E-state index in [1.165, 1.54) is 0 Å². The summed E-state index contributed by atoms with van der Waals surface area (Å²) in [6.07, 6.45) is 3.95. The summed E-state index contributed by atoms with van der Waals surface area (Å²) >= 11 is 0. The highest BCUT2D eigenvalue weighted by Crippen LogP contribution is 2.19. The molecule has 7 nitrogen and oxygen atoms in total. The summed E-state index contributed by atoms with van der Waals surface area (Å²) in [4.78, 5) is 2.18. The topological polar surface area (TPSA) is 64.1 Å². The summed E-state index contributed by atoms with van der Waals surface area (Å²) in [5.41, 5.74) is 2.77. The van der Waals surface area contributed by atoms with Crippen LogP contribution in [0.15, 0.2) is 60.9 Å². The number of nitrogens with zero attached hydrogens (tertiary/aromatic N) is 7. The fourth-order valence-corrected chi connectivity index (χ4v) is 2.76. The fourth-order valence-electron chi connectivity index (χ4n) is 2.76. The molecular weight excluding hydrogens is 314 g/mol. The first-order valence-electron chi connectivity index (χ1n) is 8.19. The van der Waals surface area contributed by atoms with Crippen LogP contribution in [-0.2, 0) is 6.54 Å². The van der Waals surface area contributed by atoms with Crippen molar-refractivity contribution in [2.45, 2.75) is 19.5 Å². The predicted octanol–water partition coefficient (Wildman–Crippen LogP) is 2.50. The maximum atomic E-state index is 4.33. The Hall–Kier alpha value is -3.06. The molecule has 7 heteroatoms. The fraction of sp³-hybridized carbons (Fsp3) is 0.222. The molecule has 0 spiro atoms. The van der Waals surface area contributed by atoms with Gasteiger partial charge < -0.3 is 0 Å². The molecule has 4 aromatic rings. The van der Waals surface area contributed by atoms with Crippen LogP contribution < -0.4 is 0 Å². The molecule has 0 saturated heterocycles. The van der Waals surface area contributed by atoms with Gasteiger partial charge in [0.1, 0.15) is 0 Å². The third-order valence-electron chi connectivity index (χ3n) is 4.40. The quantitative estimate of drug-likeness (QED) is 0.561. The Morgan fingerprint density at radius 1 is 1.00 bits per heavy atom. The molecule has 0 aliphatic rings. The Morgan fingerprint density at radius 2 is 1.80 bits per heavy atom. The van der Waals surface area contributed by atoms with Gasteiger partial charge in [0, 0.05) is 6.20 Å². The van der Waals surface area contributed by atoms with Crippen LogP contribution in [0.4, 0.5) is 0 Å². The zero-order valence-electron chi connectivity index (χ0n) is 14.2. The summed E-state index contributed by atoms with van der Waals surface area (Å²) in [5, 5.41) is 17.1. The van der Waals surface area contributed by atoms with Gasteiger partial charge in [-0.2, -0.15) is 0 Å². The van der Waals surface area contributed by atoms with Crippen molar-refractivity contribution >= 4 is 5.65 Å². The van der Waals surface area contributed by atoms with Crippen molar-refractivity contribution in [3.63, 3.8) is 0 Å². The average Bonchev–Trinajstić information content (AvgIpc) is 3.30. The number of pyridine rings is 1. The van der Waals surface area contributed by atoms with Crippen LogP contribution in [0.5, 0.6) is 0 Å². The van der Waals surface area contributed by atoms with Crippen LogP contribution in [0.25, 0.3) is 11.3 Å². The van der Waals surface area contributed by atoms with Crippen LogP contribution >= 0.6 is 0 Å². The second-order valence-corrected chi connectivity index (χ2v) is 6.06. The number of hydrogen-bond donors (Lipinski definition) is 0. The van der Waals surface area contributed by atoms with Crippen molar-refractivity contribution in [3.05, 3.63) is 72.4 Å². The highest BCUT2D eigenvalue weighted by Gasteiger charge is 2.18. The van der Waals surface area contributed by atoms with Crippen LogP contribution in [-0.4, -0.2) is 41.5 Å². The lowest BCUT2D eigenvalue weighted by molar-refractivity contribution is 0.241. The number of rotatable bonds is 5. The monoisotopic (exact) mass is 333 g/mol. The van der Waals surface area contributed by atoms with Crippen molar-refractivity contribution in [1.82, 2.24) is 34.5 Å². The molecule has 0 aliphatic heterocycles. The minimum Gasteiger partial charge on any atom is -0.290 e. The molecule has 3 heterocycles. The molecule has 0 saturated carbocycles. The summed E-state index contributed by atoms with van der Waals surface area (Å²) in [5.74, 6) is 0.903. The zero-order valence-corrected chi connectivity index (χ0v) is 14.2. The van der Waals surface area contributed by atoms with Gasteiger partial charge in [-0.1, -0.05) is 29.5 Å². The molecule has 0 fully saturated rings. The molecule has 0 bridgehead atoms. The number of fused-ring (bicyclic) bond motifs is 1. The lowest BCUT2D eigenvalue weighted by atomic mass is 10.2. The Kier molecular flexibility index (Phi) is 3.99. The number of aromatic nitrogens is 6. The van der Waals surface area contributed by atoms with Crippen molar-refractivity contribution < 1.29 is 0 Å². The first kappa shape index (κ1) is 15.5. The second-order valence-electron chi connectivity index (χ2n) is 6.06. The van der Waals surface area contributed by atoms with E-state index in [1.54, 1.807) is 4.68 Å². The van der Waals surface area contributed by atoms with E-state index in [0.29, 0.717) is 6.54 Å². The van der Waals surface area contributed by atoms with E-state index < -0.39 is 0 Å². The van der Waals surface area contributed by atoms with Crippen molar-refractivity contribution in [2.75, 3.05) is 7.05 Å². The Labute approximate surface area is 145 Å². The third kappa shape index (κ3) is 3.01. The highest BCUT2D eigenvalue weighted by molar-refractivity contribution is 5.37. The van der Waals surface area contributed by atoms with Gasteiger partial charge in [0.2, 0.25) is 0 Å². The van der Waals surface area contributed by atoms with Crippen LogP contribution in [0.3, 0.4) is 0 Å². The first-order chi connectivity index (χ1) is 12.2. The SMILES string of the molecule is C[C@@H](c1cn(-c2ccccc2)nn1)N(C)Cc1nnc2ccccn12. The van der Waals surface area contributed by atoms with E-state index in [-0.39, 0.29) is 6.04 Å². The molecule has 0 unspecified atom stereocenters. The Morgan fingerprint density at radius 3 is 2.64 bits per heavy atom. The van der Waals surface area contributed by atoms with Crippen molar-refractivity contribution in [3.8, 4) is 5.69 Å². The standard InChI is InChI=1S/C18H19N7/c1-14(16-12-25(22-19-16)15-8-4-3-5-9-15)23(2)13-18-21-20-17-10-6-7-11-24(17)18/h3-12,14H,13H2,1-2H3/t14-/m0/s1. The van der Waals surface area contributed by atoms with Crippen LogP contribution in [0.1, 0.15) is 24.5 Å². The Bertz CT molecular complexity index is 973. The lowest BCUT2D eigenvalue weighted by Gasteiger charge is -2.21. The largest absolute Gasteiger partial charge is 0.290 e. The molecular formula is C18H19N7. The normalized spacial score (nSPS) is 12.8. The first-order valence-corrected chi connectivity index (χ1v) is 8.19. The molecule has 1 atom stereocenters. The van der Waals surface area contributed by atoms with Gasteiger partial charge in [0.25, 0.3) is 0 Å². The van der Waals surface area contributed by atoms with Crippen molar-refractivity contribution in [2.24, 2.45) is 0 Å². The van der Waals surface area contributed by atoms with Crippen LogP contribution in [0.2, 0.25) is 0 Å². The molecule has 126 valence electrons. The summed E-state index contributed by atoms with van der Waals surface area (Å²) in [7, 11) is 2.05. The minimum atomic E-state index is 0.105. The maximum absolute atomic E-state index is 4.33. The van der Waals surface area contributed by atoms with Gasteiger partial charge in [-0.15, -0.1) is 15.3 Å². The third-order valence-corrected chi connectivity index (χ3v) is 4.40. The lowest BCUT2D eigenvalue weighted by Crippen LogP contribution is -2.23. The average molecular weight is 333 g/mol. The molecule has 3 aromatic heterocycles. The minimum absolute atomic E-state index is 0.105. The van der Waals surface area contributed by atoms with E-state index in [9.17, 15) is 0 Å². The van der Waals surface area contributed by atoms with Gasteiger partial charge in [-0.25, -0.2) is 4.68 Å².